The predicted octanol–water partition coefficient (Wildman–Crippen LogP) is 14.3. The zero-order valence-electron chi connectivity index (χ0n) is 31.4. The molecule has 0 saturated heterocycles. The van der Waals surface area contributed by atoms with E-state index in [0.717, 1.165) is 51.4 Å². The van der Waals surface area contributed by atoms with Crippen molar-refractivity contribution in [1.82, 2.24) is 4.57 Å². The zero-order valence-corrected chi connectivity index (χ0v) is 31.4. The molecule has 11 rings (SSSR count). The Kier molecular flexibility index (Phi) is 7.34. The second-order valence-corrected chi connectivity index (χ2v) is 16.1. The molecule has 1 nitrogen and oxygen atoms in total. The van der Waals surface area contributed by atoms with E-state index in [1.807, 2.05) is 0 Å². The van der Waals surface area contributed by atoms with Gasteiger partial charge >= 0.3 is 0 Å². The predicted molar refractivity (Wildman–Crippen MR) is 230 cm³/mol. The van der Waals surface area contributed by atoms with Crippen molar-refractivity contribution in [2.24, 2.45) is 0 Å². The minimum absolute atomic E-state index is 0.270. The molecule has 1 unspecified atom stereocenters. The third kappa shape index (κ3) is 4.84. The lowest BCUT2D eigenvalue weighted by atomic mass is 9.81. The summed E-state index contributed by atoms with van der Waals surface area (Å²) in [6.45, 7) is 4.71. The summed E-state index contributed by atoms with van der Waals surface area (Å²) >= 11 is 0. The maximum Gasteiger partial charge on any atom is 0.0535 e. The normalized spacial score (nSPS) is 18.0. The topological polar surface area (TPSA) is 4.93 Å². The van der Waals surface area contributed by atoms with Gasteiger partial charge in [-0.05, 0) is 154 Å². The molecular formula is C53H45N. The maximum atomic E-state index is 2.71. The molecule has 1 atom stereocenters. The Hall–Kier alpha value is -5.66. The molecular weight excluding hydrogens is 651 g/mol. The minimum atomic E-state index is 0.270. The quantitative estimate of drug-likeness (QED) is 0.169. The van der Waals surface area contributed by atoms with E-state index in [2.05, 4.69) is 152 Å². The van der Waals surface area contributed by atoms with Crippen LogP contribution in [0.5, 0.6) is 0 Å². The second kappa shape index (κ2) is 12.5. The van der Waals surface area contributed by atoms with Gasteiger partial charge in [0.1, 0.15) is 0 Å². The van der Waals surface area contributed by atoms with Gasteiger partial charge in [-0.25, -0.2) is 0 Å². The number of allylic oxidation sites excluding steroid dienone is 11. The van der Waals surface area contributed by atoms with E-state index in [1.54, 1.807) is 22.4 Å². The third-order valence-electron chi connectivity index (χ3n) is 13.2. The molecule has 0 saturated carbocycles. The van der Waals surface area contributed by atoms with Crippen LogP contribution in [0.25, 0.3) is 61.3 Å². The van der Waals surface area contributed by atoms with E-state index in [-0.39, 0.29) is 5.92 Å². The molecule has 0 spiro atoms. The van der Waals surface area contributed by atoms with Crippen LogP contribution in [-0.2, 0) is 6.42 Å². The van der Waals surface area contributed by atoms with Crippen molar-refractivity contribution in [3.05, 3.63) is 183 Å². The van der Waals surface area contributed by atoms with Crippen LogP contribution >= 0.6 is 0 Å². The molecule has 1 heteroatoms. The number of benzene rings is 5. The van der Waals surface area contributed by atoms with Gasteiger partial charge in [-0.3, -0.25) is 0 Å². The fourth-order valence-corrected chi connectivity index (χ4v) is 10.5. The zero-order chi connectivity index (χ0) is 35.9. The monoisotopic (exact) mass is 695 g/mol. The van der Waals surface area contributed by atoms with Crippen LogP contribution in [0.1, 0.15) is 104 Å². The molecule has 0 bridgehead atoms. The summed E-state index contributed by atoms with van der Waals surface area (Å²) in [5.74, 6) is 0.270. The van der Waals surface area contributed by atoms with Crippen molar-refractivity contribution in [2.45, 2.75) is 71.1 Å². The summed E-state index contributed by atoms with van der Waals surface area (Å²) in [4.78, 5) is 0. The molecule has 262 valence electrons. The highest BCUT2D eigenvalue weighted by Gasteiger charge is 2.35. The van der Waals surface area contributed by atoms with Gasteiger partial charge in [0.25, 0.3) is 0 Å². The Balaban J connectivity index is 1.05. The van der Waals surface area contributed by atoms with E-state index >= 15 is 0 Å². The molecule has 0 fully saturated rings. The standard InChI is InChI=1S/C53H45N/c1-33-12-3-6-15-40(33)48-31-38(24-26-41(48)34(2)36-23-22-35-13-4-5-14-37(35)30-36)39-25-28-52-49(32-39)44-18-9-10-21-50(44)54(52)51-29-27-46-43-17-8-7-16-42(43)45-19-11-20-47(51)53(45)46/h4-9,13-19,22-26,28,30-32,34H,3,10-12,20-21,27,29H2,1-2H3. The summed E-state index contributed by atoms with van der Waals surface area (Å²) in [5, 5.41) is 3.99. The van der Waals surface area contributed by atoms with E-state index in [0.29, 0.717) is 0 Å². The van der Waals surface area contributed by atoms with Crippen molar-refractivity contribution in [3.63, 3.8) is 0 Å². The first-order chi connectivity index (χ1) is 26.6. The first kappa shape index (κ1) is 31.8. The summed E-state index contributed by atoms with van der Waals surface area (Å²) in [6.07, 6.45) is 21.0. The van der Waals surface area contributed by atoms with Crippen molar-refractivity contribution >= 4 is 50.2 Å². The molecule has 0 amide bonds. The van der Waals surface area contributed by atoms with Crippen molar-refractivity contribution < 1.29 is 0 Å². The van der Waals surface area contributed by atoms with Crippen LogP contribution in [0, 0.1) is 0 Å². The molecule has 5 aliphatic carbocycles. The maximum absolute atomic E-state index is 2.71. The smallest absolute Gasteiger partial charge is 0.0535 e. The third-order valence-corrected chi connectivity index (χ3v) is 13.2. The highest BCUT2D eigenvalue weighted by Crippen LogP contribution is 2.55. The van der Waals surface area contributed by atoms with Crippen molar-refractivity contribution in [3.8, 4) is 11.1 Å². The molecule has 1 aromatic heterocycles. The first-order valence-electron chi connectivity index (χ1n) is 20.2. The Morgan fingerprint density at radius 1 is 0.611 bits per heavy atom. The van der Waals surface area contributed by atoms with E-state index in [4.69, 9.17) is 0 Å². The Morgan fingerprint density at radius 2 is 1.41 bits per heavy atom. The highest BCUT2D eigenvalue weighted by atomic mass is 15.0. The molecule has 54 heavy (non-hydrogen) atoms. The molecule has 0 radical (unpaired) electrons. The van der Waals surface area contributed by atoms with Gasteiger partial charge in [0.05, 0.1) is 5.52 Å². The molecule has 5 aliphatic rings. The average Bonchev–Trinajstić information content (AvgIpc) is 3.74. The fraction of sp³-hybridized carbons (Fsp3) is 0.208. The van der Waals surface area contributed by atoms with Crippen LogP contribution in [0.3, 0.4) is 0 Å². The van der Waals surface area contributed by atoms with Gasteiger partial charge in [0.2, 0.25) is 0 Å². The van der Waals surface area contributed by atoms with E-state index in [9.17, 15) is 0 Å². The van der Waals surface area contributed by atoms with Crippen molar-refractivity contribution in [2.75, 3.05) is 0 Å². The molecule has 5 aromatic carbocycles. The van der Waals surface area contributed by atoms with E-state index in [1.165, 1.54) is 88.6 Å². The average molecular weight is 696 g/mol. The van der Waals surface area contributed by atoms with Crippen molar-refractivity contribution in [1.29, 1.82) is 0 Å². The first-order valence-corrected chi connectivity index (χ1v) is 20.2. The lowest BCUT2D eigenvalue weighted by Crippen LogP contribution is -2.13. The van der Waals surface area contributed by atoms with Gasteiger partial charge < -0.3 is 4.57 Å². The van der Waals surface area contributed by atoms with Gasteiger partial charge in [0, 0.05) is 28.3 Å². The van der Waals surface area contributed by atoms with Gasteiger partial charge in [-0.1, -0.05) is 128 Å². The number of nitrogens with zero attached hydrogens (tertiary/aromatic N) is 1. The molecule has 6 aromatic rings. The molecule has 0 N–H and O–H groups in total. The summed E-state index contributed by atoms with van der Waals surface area (Å²) in [7, 11) is 0. The molecule has 1 heterocycles. The number of rotatable bonds is 5. The van der Waals surface area contributed by atoms with Crippen LogP contribution < -0.4 is 0 Å². The summed E-state index contributed by atoms with van der Waals surface area (Å²) < 4.78 is 2.71. The number of hydrogen-bond donors (Lipinski definition) is 0. The largest absolute Gasteiger partial charge is 0.316 e. The fourth-order valence-electron chi connectivity index (χ4n) is 10.5. The van der Waals surface area contributed by atoms with Crippen LogP contribution in [0.15, 0.2) is 144 Å². The molecule has 0 aliphatic heterocycles. The van der Waals surface area contributed by atoms with Crippen LogP contribution in [0.2, 0.25) is 0 Å². The van der Waals surface area contributed by atoms with Gasteiger partial charge in [-0.2, -0.15) is 0 Å². The number of hydrogen-bond acceptors (Lipinski definition) is 0. The number of fused-ring (bicyclic) bond motifs is 7. The SMILES string of the molecule is CC1=C(c2cc(-c3ccc4c(c3)c3c(n4C4=C5CCC=C6C5=C(CC4)c4ccccc46)CCC=C3)ccc2C(C)c2ccc3ccccc3c2)C=CCC1. The lowest BCUT2D eigenvalue weighted by molar-refractivity contribution is 0.840. The minimum Gasteiger partial charge on any atom is -0.316 e. The number of aromatic nitrogens is 1. The highest BCUT2D eigenvalue weighted by molar-refractivity contribution is 6.07. The second-order valence-electron chi connectivity index (χ2n) is 16.1. The van der Waals surface area contributed by atoms with E-state index < -0.39 is 0 Å². The lowest BCUT2D eigenvalue weighted by Gasteiger charge is -2.29. The van der Waals surface area contributed by atoms with Gasteiger partial charge in [0.15, 0.2) is 0 Å². The van der Waals surface area contributed by atoms with Crippen LogP contribution in [0.4, 0.5) is 0 Å². The Labute approximate surface area is 319 Å². The Morgan fingerprint density at radius 3 is 2.31 bits per heavy atom. The van der Waals surface area contributed by atoms with Crippen LogP contribution in [-0.4, -0.2) is 4.57 Å². The summed E-state index contributed by atoms with van der Waals surface area (Å²) in [5.41, 5.74) is 24.6. The summed E-state index contributed by atoms with van der Waals surface area (Å²) in [6, 6.07) is 39.5. The van der Waals surface area contributed by atoms with Gasteiger partial charge in [-0.15, -0.1) is 0 Å². The Bertz CT molecular complexity index is 2780.